The van der Waals surface area contributed by atoms with Crippen LogP contribution in [0.25, 0.3) is 11.0 Å². The minimum atomic E-state index is -4.31. The Kier molecular flexibility index (Phi) is 6.73. The lowest BCUT2D eigenvalue weighted by Gasteiger charge is -2.17. The fourth-order valence-corrected chi connectivity index (χ4v) is 3.70. The Morgan fingerprint density at radius 2 is 2.16 bits per heavy atom. The Bertz CT molecular complexity index is 967. The van der Waals surface area contributed by atoms with Gasteiger partial charge < -0.3 is 24.7 Å². The van der Waals surface area contributed by atoms with E-state index < -0.39 is 24.6 Å². The molecule has 2 N–H and O–H groups in total. The van der Waals surface area contributed by atoms with E-state index in [0.29, 0.717) is 36.3 Å². The van der Waals surface area contributed by atoms with Gasteiger partial charge in [0.15, 0.2) is 5.69 Å². The summed E-state index contributed by atoms with van der Waals surface area (Å²) >= 11 is 0. The van der Waals surface area contributed by atoms with Crippen LogP contribution in [0.15, 0.2) is 12.3 Å². The first-order valence-corrected chi connectivity index (χ1v) is 9.97. The van der Waals surface area contributed by atoms with E-state index in [0.717, 1.165) is 0 Å². The van der Waals surface area contributed by atoms with Crippen LogP contribution >= 0.6 is 0 Å². The summed E-state index contributed by atoms with van der Waals surface area (Å²) < 4.78 is 49.8. The fourth-order valence-electron chi connectivity index (χ4n) is 3.70. The van der Waals surface area contributed by atoms with E-state index in [1.54, 1.807) is 10.6 Å². The molecule has 0 aromatic carbocycles. The van der Waals surface area contributed by atoms with Crippen molar-refractivity contribution in [2.75, 3.05) is 31.0 Å². The van der Waals surface area contributed by atoms with Gasteiger partial charge in [-0.25, -0.2) is 9.78 Å². The molecule has 2 aromatic heterocycles. The maximum absolute atomic E-state index is 12.7. The minimum absolute atomic E-state index is 0.125. The molecule has 11 heteroatoms. The maximum atomic E-state index is 12.7. The van der Waals surface area contributed by atoms with Gasteiger partial charge in [0.25, 0.3) is 0 Å². The molecule has 1 saturated heterocycles. The van der Waals surface area contributed by atoms with E-state index in [1.165, 1.54) is 20.2 Å². The van der Waals surface area contributed by atoms with E-state index >= 15 is 0 Å². The predicted octanol–water partition coefficient (Wildman–Crippen LogP) is 3.57. The standard InChI is InChI=1S/C20H25F3N4O4/c1-4-27-16(19(29)30-3)15(26-18(28)12-5-6-31-10-12)14-7-13(9-24-17(14)27)25-11(2)8-20(21,22)23/h7,9,11-12,25H,4-6,8,10H2,1-3H3,(H,26,28)/t11-,12+/m1/s1. The summed E-state index contributed by atoms with van der Waals surface area (Å²) in [7, 11) is 1.23. The van der Waals surface area contributed by atoms with E-state index in [-0.39, 0.29) is 29.8 Å². The number of carbonyl (C=O) groups excluding carboxylic acids is 2. The van der Waals surface area contributed by atoms with Gasteiger partial charge in [-0.2, -0.15) is 13.2 Å². The zero-order chi connectivity index (χ0) is 22.8. The highest BCUT2D eigenvalue weighted by atomic mass is 19.4. The second-order valence-electron chi connectivity index (χ2n) is 7.47. The van der Waals surface area contributed by atoms with Crippen LogP contribution in [0.1, 0.15) is 37.2 Å². The smallest absolute Gasteiger partial charge is 0.391 e. The lowest BCUT2D eigenvalue weighted by molar-refractivity contribution is -0.136. The summed E-state index contributed by atoms with van der Waals surface area (Å²) in [4.78, 5) is 29.6. The van der Waals surface area contributed by atoms with Gasteiger partial charge in [0.2, 0.25) is 5.91 Å². The number of halogens is 3. The van der Waals surface area contributed by atoms with Gasteiger partial charge in [-0.05, 0) is 26.3 Å². The molecule has 170 valence electrons. The van der Waals surface area contributed by atoms with Gasteiger partial charge >= 0.3 is 12.1 Å². The quantitative estimate of drug-likeness (QED) is 0.637. The molecule has 1 fully saturated rings. The Morgan fingerprint density at radius 3 is 2.74 bits per heavy atom. The van der Waals surface area contributed by atoms with Crippen molar-refractivity contribution in [3.8, 4) is 0 Å². The van der Waals surface area contributed by atoms with Crippen LogP contribution in [-0.2, 0) is 20.8 Å². The lowest BCUT2D eigenvalue weighted by atomic mass is 10.1. The number of nitrogens with one attached hydrogen (secondary N) is 2. The van der Waals surface area contributed by atoms with Gasteiger partial charge in [0.05, 0.1) is 43.6 Å². The number of hydrogen-bond donors (Lipinski definition) is 2. The van der Waals surface area contributed by atoms with E-state index in [2.05, 4.69) is 15.6 Å². The van der Waals surface area contributed by atoms with Gasteiger partial charge in [-0.3, -0.25) is 4.79 Å². The third-order valence-electron chi connectivity index (χ3n) is 5.09. The number of hydrogen-bond acceptors (Lipinski definition) is 6. The third-order valence-corrected chi connectivity index (χ3v) is 5.09. The molecule has 1 aliphatic rings. The molecular weight excluding hydrogens is 417 g/mol. The number of anilines is 2. The van der Waals surface area contributed by atoms with Crippen molar-refractivity contribution in [1.82, 2.24) is 9.55 Å². The number of amides is 1. The molecule has 0 aliphatic carbocycles. The first-order chi connectivity index (χ1) is 14.6. The molecule has 31 heavy (non-hydrogen) atoms. The molecule has 3 rings (SSSR count). The summed E-state index contributed by atoms with van der Waals surface area (Å²) in [6.07, 6.45) is -3.36. The molecule has 0 spiro atoms. The van der Waals surface area contributed by atoms with E-state index in [9.17, 15) is 22.8 Å². The first kappa shape index (κ1) is 22.9. The molecular formula is C20H25F3N4O4. The van der Waals surface area contributed by atoms with Gasteiger partial charge in [-0.1, -0.05) is 0 Å². The van der Waals surface area contributed by atoms with Crippen LogP contribution in [0.3, 0.4) is 0 Å². The third kappa shape index (κ3) is 5.09. The number of fused-ring (bicyclic) bond motifs is 1. The van der Waals surface area contributed by atoms with Gasteiger partial charge in [0.1, 0.15) is 5.65 Å². The molecule has 2 atom stereocenters. The zero-order valence-corrected chi connectivity index (χ0v) is 17.5. The second kappa shape index (κ2) is 9.13. The van der Waals surface area contributed by atoms with Crippen LogP contribution in [0.5, 0.6) is 0 Å². The van der Waals surface area contributed by atoms with Crippen LogP contribution in [-0.4, -0.2) is 54.0 Å². The Balaban J connectivity index is 2.03. The highest BCUT2D eigenvalue weighted by molar-refractivity contribution is 6.11. The summed E-state index contributed by atoms with van der Waals surface area (Å²) in [5.74, 6) is -1.31. The normalized spacial score (nSPS) is 17.5. The monoisotopic (exact) mass is 442 g/mol. The average molecular weight is 442 g/mol. The molecule has 0 radical (unpaired) electrons. The van der Waals surface area contributed by atoms with Crippen molar-refractivity contribution in [2.24, 2.45) is 5.92 Å². The topological polar surface area (TPSA) is 94.5 Å². The zero-order valence-electron chi connectivity index (χ0n) is 17.5. The maximum Gasteiger partial charge on any atom is 0.391 e. The SMILES string of the molecule is CCn1c(C(=O)OC)c(NC(=O)[C@H]2CCOC2)c2cc(N[C@H](C)CC(F)(F)F)cnc21. The Labute approximate surface area is 177 Å². The number of rotatable bonds is 7. The second-order valence-corrected chi connectivity index (χ2v) is 7.47. The van der Waals surface area contributed by atoms with Crippen molar-refractivity contribution in [3.05, 3.63) is 18.0 Å². The minimum Gasteiger partial charge on any atom is -0.464 e. The molecule has 1 amide bonds. The highest BCUT2D eigenvalue weighted by Crippen LogP contribution is 2.34. The van der Waals surface area contributed by atoms with Crippen LogP contribution in [0, 0.1) is 5.92 Å². The average Bonchev–Trinajstić information content (AvgIpc) is 3.32. The number of aromatic nitrogens is 2. The van der Waals surface area contributed by atoms with Gasteiger partial charge in [-0.15, -0.1) is 0 Å². The molecule has 0 saturated carbocycles. The predicted molar refractivity (Wildman–Crippen MR) is 108 cm³/mol. The Morgan fingerprint density at radius 1 is 1.42 bits per heavy atom. The summed E-state index contributed by atoms with van der Waals surface area (Å²) in [6.45, 7) is 4.35. The fraction of sp³-hybridized carbons (Fsp3) is 0.550. The summed E-state index contributed by atoms with van der Waals surface area (Å²) in [6, 6.07) is 0.690. The van der Waals surface area contributed by atoms with Crippen LogP contribution in [0.2, 0.25) is 0 Å². The number of pyridine rings is 1. The first-order valence-electron chi connectivity index (χ1n) is 9.97. The molecule has 8 nitrogen and oxygen atoms in total. The van der Waals surface area contributed by atoms with Crippen molar-refractivity contribution in [3.63, 3.8) is 0 Å². The number of methoxy groups -OCH3 is 1. The molecule has 0 bridgehead atoms. The van der Waals surface area contributed by atoms with Crippen LogP contribution in [0.4, 0.5) is 24.5 Å². The van der Waals surface area contributed by atoms with E-state index in [1.807, 2.05) is 6.92 Å². The summed E-state index contributed by atoms with van der Waals surface area (Å²) in [5, 5.41) is 6.00. The number of carbonyl (C=O) groups is 2. The van der Waals surface area contributed by atoms with E-state index in [4.69, 9.17) is 9.47 Å². The number of alkyl halides is 3. The van der Waals surface area contributed by atoms with Crippen molar-refractivity contribution in [2.45, 2.75) is 45.5 Å². The number of aryl methyl sites for hydroxylation is 1. The van der Waals surface area contributed by atoms with Crippen molar-refractivity contribution < 1.29 is 32.2 Å². The molecule has 2 aromatic rings. The number of ether oxygens (including phenoxy) is 2. The summed E-state index contributed by atoms with van der Waals surface area (Å²) in [5.41, 5.74) is 1.10. The largest absolute Gasteiger partial charge is 0.464 e. The number of esters is 1. The molecule has 0 unspecified atom stereocenters. The molecule has 1 aliphatic heterocycles. The lowest BCUT2D eigenvalue weighted by Crippen LogP contribution is -2.24. The van der Waals surface area contributed by atoms with Crippen molar-refractivity contribution in [1.29, 1.82) is 0 Å². The highest BCUT2D eigenvalue weighted by Gasteiger charge is 2.31. The van der Waals surface area contributed by atoms with Crippen LogP contribution < -0.4 is 10.6 Å². The molecule has 3 heterocycles. The van der Waals surface area contributed by atoms with Gasteiger partial charge in [0, 0.05) is 24.6 Å². The van der Waals surface area contributed by atoms with Crippen molar-refractivity contribution >= 4 is 34.3 Å². The number of nitrogens with zero attached hydrogens (tertiary/aromatic N) is 2. The Hall–Kier alpha value is -2.82.